The molecule has 2 aromatic rings. The van der Waals surface area contributed by atoms with Gasteiger partial charge in [0.1, 0.15) is 0 Å². The van der Waals surface area contributed by atoms with E-state index in [-0.39, 0.29) is 0 Å². The second-order valence-corrected chi connectivity index (χ2v) is 6.48. The summed E-state index contributed by atoms with van der Waals surface area (Å²) in [5.41, 5.74) is 2.89. The Balaban J connectivity index is 1.77. The standard InChI is InChI=1S/C17H18IN/c1-19-17(13-7-9-14(18)10-8-13)16-11-15(16)12-5-3-2-4-6-12/h2-10,15-17,19H,11H2,1H3. The smallest absolute Gasteiger partial charge is 0.0352 e. The van der Waals surface area contributed by atoms with Gasteiger partial charge in [-0.2, -0.15) is 0 Å². The molecule has 1 N–H and O–H groups in total. The van der Waals surface area contributed by atoms with Crippen molar-refractivity contribution in [2.24, 2.45) is 5.92 Å². The van der Waals surface area contributed by atoms with Gasteiger partial charge in [0.05, 0.1) is 0 Å². The van der Waals surface area contributed by atoms with Crippen LogP contribution in [0.25, 0.3) is 0 Å². The summed E-state index contributed by atoms with van der Waals surface area (Å²) in [5, 5.41) is 3.50. The highest BCUT2D eigenvalue weighted by Gasteiger charge is 2.43. The Hall–Kier alpha value is -0.870. The summed E-state index contributed by atoms with van der Waals surface area (Å²) in [5.74, 6) is 1.45. The Morgan fingerprint density at radius 1 is 1.05 bits per heavy atom. The summed E-state index contributed by atoms with van der Waals surface area (Å²) >= 11 is 2.36. The van der Waals surface area contributed by atoms with Crippen molar-refractivity contribution in [1.29, 1.82) is 0 Å². The van der Waals surface area contributed by atoms with Crippen molar-refractivity contribution < 1.29 is 0 Å². The molecule has 2 aromatic carbocycles. The van der Waals surface area contributed by atoms with Gasteiger partial charge >= 0.3 is 0 Å². The molecule has 0 heterocycles. The quantitative estimate of drug-likeness (QED) is 0.797. The first-order valence-corrected chi connectivity index (χ1v) is 7.85. The average molecular weight is 363 g/mol. The molecule has 1 fully saturated rings. The maximum atomic E-state index is 3.50. The molecule has 1 saturated carbocycles. The van der Waals surface area contributed by atoms with Gasteiger partial charge in [-0.1, -0.05) is 42.5 Å². The lowest BCUT2D eigenvalue weighted by Crippen LogP contribution is -2.19. The summed E-state index contributed by atoms with van der Waals surface area (Å²) in [6, 6.07) is 20.3. The molecule has 1 aliphatic rings. The van der Waals surface area contributed by atoms with Crippen LogP contribution in [-0.2, 0) is 0 Å². The van der Waals surface area contributed by atoms with Crippen LogP contribution < -0.4 is 5.32 Å². The fraction of sp³-hybridized carbons (Fsp3) is 0.294. The van der Waals surface area contributed by atoms with Crippen LogP contribution in [0.4, 0.5) is 0 Å². The zero-order valence-corrected chi connectivity index (χ0v) is 13.2. The highest BCUT2D eigenvalue weighted by Crippen LogP contribution is 2.53. The normalized spacial score (nSPS) is 23.1. The highest BCUT2D eigenvalue weighted by molar-refractivity contribution is 14.1. The Labute approximate surface area is 128 Å². The summed E-state index contributed by atoms with van der Waals surface area (Å²) in [7, 11) is 2.07. The first kappa shape index (κ1) is 13.1. The van der Waals surface area contributed by atoms with Crippen molar-refractivity contribution >= 4 is 22.6 Å². The third-order valence-electron chi connectivity index (χ3n) is 4.04. The van der Waals surface area contributed by atoms with E-state index in [1.807, 2.05) is 0 Å². The van der Waals surface area contributed by atoms with Crippen LogP contribution in [0, 0.1) is 9.49 Å². The molecule has 0 amide bonds. The monoisotopic (exact) mass is 363 g/mol. The molecule has 0 saturated heterocycles. The second kappa shape index (κ2) is 5.63. The van der Waals surface area contributed by atoms with Gasteiger partial charge in [-0.15, -0.1) is 0 Å². The minimum atomic E-state index is 0.474. The van der Waals surface area contributed by atoms with E-state index in [2.05, 4.69) is 89.6 Å². The number of rotatable bonds is 4. The van der Waals surface area contributed by atoms with Crippen LogP contribution in [0.3, 0.4) is 0 Å². The SMILES string of the molecule is CNC(c1ccc(I)cc1)C1CC1c1ccccc1. The summed E-state index contributed by atoms with van der Waals surface area (Å²) in [6.07, 6.45) is 1.29. The average Bonchev–Trinajstić information content (AvgIpc) is 3.23. The lowest BCUT2D eigenvalue weighted by Gasteiger charge is -2.17. The maximum absolute atomic E-state index is 3.50. The second-order valence-electron chi connectivity index (χ2n) is 5.23. The van der Waals surface area contributed by atoms with E-state index < -0.39 is 0 Å². The first-order valence-electron chi connectivity index (χ1n) is 6.77. The molecule has 3 unspecified atom stereocenters. The van der Waals surface area contributed by atoms with Crippen LogP contribution in [-0.4, -0.2) is 7.05 Å². The Morgan fingerprint density at radius 3 is 2.37 bits per heavy atom. The van der Waals surface area contributed by atoms with Gasteiger partial charge < -0.3 is 5.32 Å². The van der Waals surface area contributed by atoms with E-state index in [0.717, 1.165) is 11.8 Å². The minimum absolute atomic E-state index is 0.474. The van der Waals surface area contributed by atoms with Gasteiger partial charge in [0.15, 0.2) is 0 Å². The third-order valence-corrected chi connectivity index (χ3v) is 4.75. The Kier molecular flexibility index (Phi) is 3.89. The van der Waals surface area contributed by atoms with E-state index in [1.54, 1.807) is 0 Å². The van der Waals surface area contributed by atoms with Crippen molar-refractivity contribution in [2.45, 2.75) is 18.4 Å². The van der Waals surface area contributed by atoms with E-state index >= 15 is 0 Å². The largest absolute Gasteiger partial charge is 0.313 e. The van der Waals surface area contributed by atoms with Crippen LogP contribution in [0.15, 0.2) is 54.6 Å². The van der Waals surface area contributed by atoms with E-state index in [1.165, 1.54) is 21.1 Å². The third kappa shape index (κ3) is 2.84. The van der Waals surface area contributed by atoms with Gasteiger partial charge in [0.25, 0.3) is 0 Å². The van der Waals surface area contributed by atoms with Crippen molar-refractivity contribution in [3.8, 4) is 0 Å². The molecule has 3 rings (SSSR count). The molecule has 0 aromatic heterocycles. The van der Waals surface area contributed by atoms with Crippen LogP contribution in [0.1, 0.15) is 29.5 Å². The van der Waals surface area contributed by atoms with Crippen LogP contribution >= 0.6 is 22.6 Å². The zero-order chi connectivity index (χ0) is 13.2. The predicted molar refractivity (Wildman–Crippen MR) is 88.2 cm³/mol. The molecular formula is C17H18IN. The summed E-state index contributed by atoms with van der Waals surface area (Å²) in [4.78, 5) is 0. The Morgan fingerprint density at radius 2 is 1.74 bits per heavy atom. The highest BCUT2D eigenvalue weighted by atomic mass is 127. The van der Waals surface area contributed by atoms with Crippen molar-refractivity contribution in [1.82, 2.24) is 5.32 Å². The molecule has 0 bridgehead atoms. The Bertz CT molecular complexity index is 535. The van der Waals surface area contributed by atoms with Gasteiger partial charge in [0, 0.05) is 9.61 Å². The maximum Gasteiger partial charge on any atom is 0.0352 e. The number of benzene rings is 2. The molecule has 0 spiro atoms. The molecule has 3 atom stereocenters. The van der Waals surface area contributed by atoms with Crippen LogP contribution in [0.5, 0.6) is 0 Å². The van der Waals surface area contributed by atoms with Gasteiger partial charge in [-0.05, 0) is 71.2 Å². The molecule has 19 heavy (non-hydrogen) atoms. The molecule has 1 aliphatic carbocycles. The van der Waals surface area contributed by atoms with E-state index in [4.69, 9.17) is 0 Å². The molecular weight excluding hydrogens is 345 g/mol. The molecule has 0 radical (unpaired) electrons. The summed E-state index contributed by atoms with van der Waals surface area (Å²) in [6.45, 7) is 0. The molecule has 98 valence electrons. The van der Waals surface area contributed by atoms with E-state index in [0.29, 0.717) is 6.04 Å². The van der Waals surface area contributed by atoms with Gasteiger partial charge in [0.2, 0.25) is 0 Å². The van der Waals surface area contributed by atoms with E-state index in [9.17, 15) is 0 Å². The van der Waals surface area contributed by atoms with Crippen molar-refractivity contribution in [3.63, 3.8) is 0 Å². The van der Waals surface area contributed by atoms with Crippen molar-refractivity contribution in [2.75, 3.05) is 7.05 Å². The van der Waals surface area contributed by atoms with Gasteiger partial charge in [-0.3, -0.25) is 0 Å². The minimum Gasteiger partial charge on any atom is -0.313 e. The zero-order valence-electron chi connectivity index (χ0n) is 11.0. The first-order chi connectivity index (χ1) is 9.29. The number of hydrogen-bond donors (Lipinski definition) is 1. The fourth-order valence-electron chi connectivity index (χ4n) is 2.96. The van der Waals surface area contributed by atoms with Crippen molar-refractivity contribution in [3.05, 3.63) is 69.3 Å². The number of hydrogen-bond acceptors (Lipinski definition) is 1. The van der Waals surface area contributed by atoms with Gasteiger partial charge in [-0.25, -0.2) is 0 Å². The lowest BCUT2D eigenvalue weighted by atomic mass is 9.99. The topological polar surface area (TPSA) is 12.0 Å². The molecule has 2 heteroatoms. The lowest BCUT2D eigenvalue weighted by molar-refractivity contribution is 0.518. The number of nitrogens with one attached hydrogen (secondary N) is 1. The molecule has 0 aliphatic heterocycles. The predicted octanol–water partition coefficient (Wildman–Crippen LogP) is 4.36. The van der Waals surface area contributed by atoms with Crippen LogP contribution in [0.2, 0.25) is 0 Å². The number of halogens is 1. The fourth-order valence-corrected chi connectivity index (χ4v) is 3.32. The summed E-state index contributed by atoms with van der Waals surface area (Å²) < 4.78 is 1.30. The molecule has 1 nitrogen and oxygen atoms in total.